The van der Waals surface area contributed by atoms with Gasteiger partial charge in [-0.3, -0.25) is 4.79 Å². The van der Waals surface area contributed by atoms with Crippen molar-refractivity contribution in [3.63, 3.8) is 0 Å². The summed E-state index contributed by atoms with van der Waals surface area (Å²) in [6.07, 6.45) is 7.24. The first-order chi connectivity index (χ1) is 11.1. The van der Waals surface area contributed by atoms with Gasteiger partial charge in [-0.1, -0.05) is 38.3 Å². The maximum absolute atomic E-state index is 12.5. The minimum Gasteiger partial charge on any atom is -0.497 e. The molecule has 1 aliphatic carbocycles. The van der Waals surface area contributed by atoms with Crippen molar-refractivity contribution in [2.24, 2.45) is 11.1 Å². The summed E-state index contributed by atoms with van der Waals surface area (Å²) in [5.74, 6) is 0.958. The Balaban J connectivity index is 1.98. The smallest absolute Gasteiger partial charge is 0.221 e. The molecule has 0 radical (unpaired) electrons. The maximum atomic E-state index is 12.5. The number of hydrogen-bond donors (Lipinski definition) is 2. The number of benzene rings is 1. The van der Waals surface area contributed by atoms with Crippen molar-refractivity contribution in [3.8, 4) is 5.75 Å². The summed E-state index contributed by atoms with van der Waals surface area (Å²) in [7, 11) is 1.66. The van der Waals surface area contributed by atoms with Crippen molar-refractivity contribution in [1.29, 1.82) is 0 Å². The number of nitrogens with two attached hydrogens (primary N) is 1. The second kappa shape index (κ2) is 8.34. The first-order valence-electron chi connectivity index (χ1n) is 8.76. The van der Waals surface area contributed by atoms with E-state index >= 15 is 0 Å². The number of ether oxygens (including phenoxy) is 1. The fourth-order valence-electron chi connectivity index (χ4n) is 3.60. The van der Waals surface area contributed by atoms with Crippen molar-refractivity contribution in [1.82, 2.24) is 5.32 Å². The molecule has 1 fully saturated rings. The molecule has 0 heterocycles. The van der Waals surface area contributed by atoms with E-state index in [1.54, 1.807) is 7.11 Å². The Hall–Kier alpha value is -1.55. The van der Waals surface area contributed by atoms with E-state index in [1.807, 2.05) is 24.3 Å². The van der Waals surface area contributed by atoms with E-state index in [0.29, 0.717) is 13.0 Å². The lowest BCUT2D eigenvalue weighted by atomic mass is 9.71. The standard InChI is InChI=1S/C19H30N2O2/c1-3-17(15-7-9-16(23-2)10-8-15)21-18(22)13-19(14-20)11-5-4-6-12-19/h7-10,17H,3-6,11-14,20H2,1-2H3,(H,21,22). The average molecular weight is 318 g/mol. The van der Waals surface area contributed by atoms with Crippen molar-refractivity contribution in [2.45, 2.75) is 57.9 Å². The molecule has 1 aromatic carbocycles. The van der Waals surface area contributed by atoms with Gasteiger partial charge in [-0.15, -0.1) is 0 Å². The van der Waals surface area contributed by atoms with Gasteiger partial charge < -0.3 is 15.8 Å². The number of amides is 1. The number of nitrogens with one attached hydrogen (secondary N) is 1. The molecule has 1 atom stereocenters. The summed E-state index contributed by atoms with van der Waals surface area (Å²) >= 11 is 0. The van der Waals surface area contributed by atoms with Crippen LogP contribution in [0, 0.1) is 5.41 Å². The van der Waals surface area contributed by atoms with Crippen LogP contribution in [-0.2, 0) is 4.79 Å². The largest absolute Gasteiger partial charge is 0.497 e. The third-order valence-electron chi connectivity index (χ3n) is 5.14. The van der Waals surface area contributed by atoms with Gasteiger partial charge in [-0.05, 0) is 48.9 Å². The van der Waals surface area contributed by atoms with Crippen molar-refractivity contribution in [3.05, 3.63) is 29.8 Å². The third kappa shape index (κ3) is 4.71. The highest BCUT2D eigenvalue weighted by atomic mass is 16.5. The van der Waals surface area contributed by atoms with Crippen molar-refractivity contribution < 1.29 is 9.53 Å². The highest BCUT2D eigenvalue weighted by Gasteiger charge is 2.33. The number of rotatable bonds is 7. The zero-order valence-electron chi connectivity index (χ0n) is 14.4. The molecule has 0 aliphatic heterocycles. The molecule has 0 bridgehead atoms. The van der Waals surface area contributed by atoms with Crippen LogP contribution in [0.3, 0.4) is 0 Å². The SMILES string of the molecule is CCC(NC(=O)CC1(CN)CCCCC1)c1ccc(OC)cc1. The summed E-state index contributed by atoms with van der Waals surface area (Å²) in [4.78, 5) is 12.5. The first-order valence-corrected chi connectivity index (χ1v) is 8.76. The van der Waals surface area contributed by atoms with E-state index in [4.69, 9.17) is 10.5 Å². The van der Waals surface area contributed by atoms with Gasteiger partial charge in [-0.25, -0.2) is 0 Å². The first kappa shape index (κ1) is 17.8. The predicted octanol–water partition coefficient (Wildman–Crippen LogP) is 3.56. The van der Waals surface area contributed by atoms with Gasteiger partial charge in [-0.2, -0.15) is 0 Å². The molecule has 3 N–H and O–H groups in total. The van der Waals surface area contributed by atoms with Gasteiger partial charge in [0.15, 0.2) is 0 Å². The minimum absolute atomic E-state index is 0.0144. The normalized spacial score (nSPS) is 18.2. The summed E-state index contributed by atoms with van der Waals surface area (Å²) in [5.41, 5.74) is 7.13. The summed E-state index contributed by atoms with van der Waals surface area (Å²) < 4.78 is 5.19. The van der Waals surface area contributed by atoms with Crippen LogP contribution in [0.5, 0.6) is 5.75 Å². The molecule has 0 aromatic heterocycles. The number of carbonyl (C=O) groups is 1. The molecule has 1 saturated carbocycles. The zero-order chi connectivity index (χ0) is 16.7. The fourth-order valence-corrected chi connectivity index (χ4v) is 3.60. The number of carbonyl (C=O) groups excluding carboxylic acids is 1. The van der Waals surface area contributed by atoms with Gasteiger partial charge >= 0.3 is 0 Å². The maximum Gasteiger partial charge on any atom is 0.221 e. The Morgan fingerprint density at radius 3 is 2.43 bits per heavy atom. The van der Waals surface area contributed by atoms with E-state index in [-0.39, 0.29) is 17.4 Å². The molecule has 2 rings (SSSR count). The van der Waals surface area contributed by atoms with Crippen LogP contribution in [-0.4, -0.2) is 19.6 Å². The van der Waals surface area contributed by atoms with Crippen LogP contribution in [0.1, 0.15) is 63.5 Å². The van der Waals surface area contributed by atoms with Crippen LogP contribution in [0.4, 0.5) is 0 Å². The molecule has 23 heavy (non-hydrogen) atoms. The summed E-state index contributed by atoms with van der Waals surface area (Å²) in [6, 6.07) is 7.96. The topological polar surface area (TPSA) is 64.4 Å². The van der Waals surface area contributed by atoms with Gasteiger partial charge in [0.2, 0.25) is 5.91 Å². The van der Waals surface area contributed by atoms with Crippen LogP contribution >= 0.6 is 0 Å². The number of methoxy groups -OCH3 is 1. The van der Waals surface area contributed by atoms with Gasteiger partial charge in [0.05, 0.1) is 13.2 Å². The highest BCUT2D eigenvalue weighted by Crippen LogP contribution is 2.38. The van der Waals surface area contributed by atoms with E-state index in [0.717, 1.165) is 30.6 Å². The lowest BCUT2D eigenvalue weighted by molar-refractivity contribution is -0.124. The minimum atomic E-state index is 0.0144. The van der Waals surface area contributed by atoms with E-state index in [1.165, 1.54) is 19.3 Å². The quantitative estimate of drug-likeness (QED) is 0.808. The molecular formula is C19H30N2O2. The molecule has 4 heteroatoms. The highest BCUT2D eigenvalue weighted by molar-refractivity contribution is 5.77. The second-order valence-corrected chi connectivity index (χ2v) is 6.74. The van der Waals surface area contributed by atoms with E-state index in [9.17, 15) is 4.79 Å². The Morgan fingerprint density at radius 2 is 1.91 bits per heavy atom. The van der Waals surface area contributed by atoms with Crippen molar-refractivity contribution >= 4 is 5.91 Å². The molecule has 0 spiro atoms. The van der Waals surface area contributed by atoms with Gasteiger partial charge in [0.25, 0.3) is 0 Å². The molecule has 1 aromatic rings. The zero-order valence-corrected chi connectivity index (χ0v) is 14.4. The molecule has 0 saturated heterocycles. The molecule has 1 unspecified atom stereocenters. The monoisotopic (exact) mass is 318 g/mol. The Bertz CT molecular complexity index is 493. The summed E-state index contributed by atoms with van der Waals surface area (Å²) in [5, 5.41) is 3.19. The van der Waals surface area contributed by atoms with Crippen LogP contribution in [0.15, 0.2) is 24.3 Å². The fraction of sp³-hybridized carbons (Fsp3) is 0.632. The van der Waals surface area contributed by atoms with Crippen LogP contribution in [0.25, 0.3) is 0 Å². The molecule has 128 valence electrons. The Kier molecular flexibility index (Phi) is 6.46. The molecule has 1 aliphatic rings. The Labute approximate surface area is 139 Å². The third-order valence-corrected chi connectivity index (χ3v) is 5.14. The van der Waals surface area contributed by atoms with Crippen LogP contribution < -0.4 is 15.8 Å². The lowest BCUT2D eigenvalue weighted by Crippen LogP contribution is -2.39. The van der Waals surface area contributed by atoms with E-state index < -0.39 is 0 Å². The number of hydrogen-bond acceptors (Lipinski definition) is 3. The lowest BCUT2D eigenvalue weighted by Gasteiger charge is -2.36. The van der Waals surface area contributed by atoms with E-state index in [2.05, 4.69) is 12.2 Å². The van der Waals surface area contributed by atoms with Crippen molar-refractivity contribution in [2.75, 3.05) is 13.7 Å². The molecule has 1 amide bonds. The molecular weight excluding hydrogens is 288 g/mol. The summed E-state index contributed by atoms with van der Waals surface area (Å²) in [6.45, 7) is 2.70. The second-order valence-electron chi connectivity index (χ2n) is 6.74. The molecule has 4 nitrogen and oxygen atoms in total. The van der Waals surface area contributed by atoms with Gasteiger partial charge in [0.1, 0.15) is 5.75 Å². The predicted molar refractivity (Wildman–Crippen MR) is 93.4 cm³/mol. The van der Waals surface area contributed by atoms with Gasteiger partial charge in [0, 0.05) is 6.42 Å². The Morgan fingerprint density at radius 1 is 1.26 bits per heavy atom. The average Bonchev–Trinajstić information content (AvgIpc) is 2.60. The van der Waals surface area contributed by atoms with Crippen LogP contribution in [0.2, 0.25) is 0 Å².